The molecular formula is C29H22N2O3. The van der Waals surface area contributed by atoms with Gasteiger partial charge in [0, 0.05) is 11.1 Å². The third kappa shape index (κ3) is 4.32. The maximum atomic E-state index is 13.7. The molecule has 0 aliphatic rings. The van der Waals surface area contributed by atoms with Crippen LogP contribution in [0.3, 0.4) is 0 Å². The van der Waals surface area contributed by atoms with Crippen molar-refractivity contribution in [1.29, 1.82) is 0 Å². The number of amides is 2. The van der Waals surface area contributed by atoms with Crippen LogP contribution in [0.25, 0.3) is 11.0 Å². The van der Waals surface area contributed by atoms with Gasteiger partial charge in [0.15, 0.2) is 0 Å². The number of anilines is 2. The Kier molecular flexibility index (Phi) is 5.91. The van der Waals surface area contributed by atoms with Crippen LogP contribution < -0.4 is 10.6 Å². The van der Waals surface area contributed by atoms with Gasteiger partial charge < -0.3 is 15.1 Å². The van der Waals surface area contributed by atoms with Crippen molar-refractivity contribution in [3.05, 3.63) is 132 Å². The molecule has 4 aromatic carbocycles. The Labute approximate surface area is 197 Å². The molecule has 0 atom stereocenters. The standard InChI is InChI=1S/C29H22N2O3/c32-28(25(20-12-4-1-5-13-20)21-14-6-2-7-15-21)31-26-23-18-10-11-19-24(23)34-27(26)29(33)30-22-16-8-3-9-17-22/h1-19,25H,(H,30,33)(H,31,32). The van der Waals surface area contributed by atoms with Crippen LogP contribution in [0.4, 0.5) is 11.4 Å². The van der Waals surface area contributed by atoms with E-state index in [9.17, 15) is 9.59 Å². The lowest BCUT2D eigenvalue weighted by Crippen LogP contribution is -2.23. The van der Waals surface area contributed by atoms with Gasteiger partial charge in [-0.25, -0.2) is 0 Å². The van der Waals surface area contributed by atoms with Crippen LogP contribution in [0.15, 0.2) is 120 Å². The number of rotatable bonds is 6. The molecule has 0 aliphatic carbocycles. The van der Waals surface area contributed by atoms with Crippen molar-refractivity contribution in [2.75, 3.05) is 10.6 Å². The topological polar surface area (TPSA) is 71.3 Å². The molecule has 2 N–H and O–H groups in total. The predicted octanol–water partition coefficient (Wildman–Crippen LogP) is 6.46. The summed E-state index contributed by atoms with van der Waals surface area (Å²) in [5, 5.41) is 6.51. The Morgan fingerprint density at radius 3 is 1.76 bits per heavy atom. The monoisotopic (exact) mass is 446 g/mol. The molecule has 0 saturated heterocycles. The number of carbonyl (C=O) groups is 2. The first-order valence-electron chi connectivity index (χ1n) is 11.0. The summed E-state index contributed by atoms with van der Waals surface area (Å²) in [5.74, 6) is -1.19. The van der Waals surface area contributed by atoms with E-state index in [4.69, 9.17) is 4.42 Å². The quantitative estimate of drug-likeness (QED) is 0.315. The Morgan fingerprint density at radius 2 is 1.15 bits per heavy atom. The fourth-order valence-corrected chi connectivity index (χ4v) is 4.02. The largest absolute Gasteiger partial charge is 0.449 e. The number of hydrogen-bond donors (Lipinski definition) is 2. The molecule has 0 spiro atoms. The first-order valence-corrected chi connectivity index (χ1v) is 11.0. The van der Waals surface area contributed by atoms with Gasteiger partial charge in [0.25, 0.3) is 5.91 Å². The smallest absolute Gasteiger partial charge is 0.293 e. The minimum Gasteiger partial charge on any atom is -0.449 e. The van der Waals surface area contributed by atoms with Gasteiger partial charge in [0.05, 0.1) is 5.92 Å². The van der Waals surface area contributed by atoms with Crippen molar-refractivity contribution < 1.29 is 14.0 Å². The summed E-state index contributed by atoms with van der Waals surface area (Å²) in [6.07, 6.45) is 0. The summed E-state index contributed by atoms with van der Waals surface area (Å²) in [6, 6.07) is 35.6. The molecule has 0 bridgehead atoms. The van der Waals surface area contributed by atoms with E-state index < -0.39 is 11.8 Å². The predicted molar refractivity (Wildman–Crippen MR) is 134 cm³/mol. The molecule has 5 aromatic rings. The fraction of sp³-hybridized carbons (Fsp3) is 0.0345. The van der Waals surface area contributed by atoms with Crippen LogP contribution >= 0.6 is 0 Å². The van der Waals surface area contributed by atoms with Crippen molar-refractivity contribution in [3.8, 4) is 0 Å². The highest BCUT2D eigenvalue weighted by atomic mass is 16.3. The number of benzene rings is 4. The van der Waals surface area contributed by atoms with Gasteiger partial charge in [-0.15, -0.1) is 0 Å². The van der Waals surface area contributed by atoms with Gasteiger partial charge in [0.1, 0.15) is 11.3 Å². The molecule has 34 heavy (non-hydrogen) atoms. The normalized spacial score (nSPS) is 10.9. The summed E-state index contributed by atoms with van der Waals surface area (Å²) >= 11 is 0. The number of fused-ring (bicyclic) bond motifs is 1. The molecule has 0 radical (unpaired) electrons. The van der Waals surface area contributed by atoms with Gasteiger partial charge >= 0.3 is 0 Å². The Balaban J connectivity index is 1.54. The van der Waals surface area contributed by atoms with Gasteiger partial charge in [-0.2, -0.15) is 0 Å². The summed E-state index contributed by atoms with van der Waals surface area (Å²) in [4.78, 5) is 26.8. The molecule has 1 heterocycles. The fourth-order valence-electron chi connectivity index (χ4n) is 4.02. The van der Waals surface area contributed by atoms with E-state index in [0.717, 1.165) is 11.1 Å². The van der Waals surface area contributed by atoms with E-state index in [1.165, 1.54) is 0 Å². The van der Waals surface area contributed by atoms with E-state index in [-0.39, 0.29) is 11.7 Å². The molecule has 1 aromatic heterocycles. The zero-order chi connectivity index (χ0) is 23.3. The SMILES string of the molecule is O=C(Nc1ccccc1)c1oc2ccccc2c1NC(=O)C(c1ccccc1)c1ccccc1. The highest BCUT2D eigenvalue weighted by Gasteiger charge is 2.27. The van der Waals surface area contributed by atoms with Gasteiger partial charge in [-0.05, 0) is 35.4 Å². The summed E-state index contributed by atoms with van der Waals surface area (Å²) in [7, 11) is 0. The van der Waals surface area contributed by atoms with Gasteiger partial charge in [-0.1, -0.05) is 91.0 Å². The molecule has 5 nitrogen and oxygen atoms in total. The van der Waals surface area contributed by atoms with E-state index in [0.29, 0.717) is 22.3 Å². The number of nitrogens with one attached hydrogen (secondary N) is 2. The number of carbonyl (C=O) groups excluding carboxylic acids is 2. The lowest BCUT2D eigenvalue weighted by Gasteiger charge is -2.18. The third-order valence-electron chi connectivity index (χ3n) is 5.61. The van der Waals surface area contributed by atoms with E-state index in [1.807, 2.05) is 97.1 Å². The molecule has 166 valence electrons. The van der Waals surface area contributed by atoms with Crippen molar-refractivity contribution in [2.24, 2.45) is 0 Å². The summed E-state index contributed by atoms with van der Waals surface area (Å²) in [5.41, 5.74) is 3.22. The average Bonchev–Trinajstić information content (AvgIpc) is 3.25. The maximum absolute atomic E-state index is 13.7. The molecular weight excluding hydrogens is 424 g/mol. The van der Waals surface area contributed by atoms with Crippen LogP contribution in [0, 0.1) is 0 Å². The van der Waals surface area contributed by atoms with Gasteiger partial charge in [0.2, 0.25) is 11.7 Å². The number of para-hydroxylation sites is 2. The number of hydrogen-bond acceptors (Lipinski definition) is 3. The summed E-state index contributed by atoms with van der Waals surface area (Å²) < 4.78 is 5.90. The van der Waals surface area contributed by atoms with Crippen molar-refractivity contribution in [1.82, 2.24) is 0 Å². The molecule has 0 unspecified atom stereocenters. The summed E-state index contributed by atoms with van der Waals surface area (Å²) in [6.45, 7) is 0. The molecule has 2 amide bonds. The highest BCUT2D eigenvalue weighted by molar-refractivity contribution is 6.15. The van der Waals surface area contributed by atoms with Crippen LogP contribution in [0.2, 0.25) is 0 Å². The van der Waals surface area contributed by atoms with Crippen LogP contribution in [-0.4, -0.2) is 11.8 Å². The minimum absolute atomic E-state index is 0.0540. The van der Waals surface area contributed by atoms with Gasteiger partial charge in [-0.3, -0.25) is 9.59 Å². The van der Waals surface area contributed by atoms with E-state index in [2.05, 4.69) is 10.6 Å². The van der Waals surface area contributed by atoms with Crippen LogP contribution in [0.5, 0.6) is 0 Å². The van der Waals surface area contributed by atoms with Crippen molar-refractivity contribution >= 4 is 34.2 Å². The van der Waals surface area contributed by atoms with Crippen LogP contribution in [-0.2, 0) is 4.79 Å². The Bertz CT molecular complexity index is 1390. The molecule has 0 aliphatic heterocycles. The highest BCUT2D eigenvalue weighted by Crippen LogP contribution is 2.34. The van der Waals surface area contributed by atoms with E-state index >= 15 is 0 Å². The maximum Gasteiger partial charge on any atom is 0.293 e. The lowest BCUT2D eigenvalue weighted by molar-refractivity contribution is -0.116. The molecule has 5 rings (SSSR count). The molecule has 0 fully saturated rings. The first-order chi connectivity index (χ1) is 16.7. The minimum atomic E-state index is -0.555. The second-order valence-electron chi connectivity index (χ2n) is 7.87. The molecule has 0 saturated carbocycles. The van der Waals surface area contributed by atoms with Crippen LogP contribution in [0.1, 0.15) is 27.6 Å². The zero-order valence-electron chi connectivity index (χ0n) is 18.3. The van der Waals surface area contributed by atoms with E-state index in [1.54, 1.807) is 18.2 Å². The molecule has 5 heteroatoms. The second-order valence-corrected chi connectivity index (χ2v) is 7.87. The van der Waals surface area contributed by atoms with Crippen molar-refractivity contribution in [2.45, 2.75) is 5.92 Å². The Morgan fingerprint density at radius 1 is 0.618 bits per heavy atom. The second kappa shape index (κ2) is 9.46. The third-order valence-corrected chi connectivity index (χ3v) is 5.61. The Hall–Kier alpha value is -4.64. The average molecular weight is 447 g/mol. The first kappa shape index (κ1) is 21.2. The van der Waals surface area contributed by atoms with Crippen molar-refractivity contribution in [3.63, 3.8) is 0 Å². The number of furan rings is 1. The lowest BCUT2D eigenvalue weighted by atomic mass is 9.90. The zero-order valence-corrected chi connectivity index (χ0v) is 18.3.